The van der Waals surface area contributed by atoms with Crippen LogP contribution in [0.25, 0.3) is 0 Å². The smallest absolute Gasteiger partial charge is 0.404 e. The van der Waals surface area contributed by atoms with Gasteiger partial charge in [0.1, 0.15) is 11.6 Å². The average molecular weight is 338 g/mol. The molecule has 1 fully saturated rings. The number of aromatic nitrogens is 2. The molecule has 0 bridgehead atoms. The Bertz CT molecular complexity index is 641. The van der Waals surface area contributed by atoms with Crippen molar-refractivity contribution in [2.45, 2.75) is 12.9 Å². The van der Waals surface area contributed by atoms with E-state index in [2.05, 4.69) is 19.6 Å². The van der Waals surface area contributed by atoms with Crippen LogP contribution < -0.4 is 9.64 Å². The van der Waals surface area contributed by atoms with E-state index in [0.29, 0.717) is 5.82 Å². The first-order chi connectivity index (χ1) is 11.5. The Hall–Kier alpha value is -2.35. The van der Waals surface area contributed by atoms with E-state index >= 15 is 0 Å². The molecular formula is C16H17F3N4O. The van der Waals surface area contributed by atoms with Crippen LogP contribution in [0.4, 0.5) is 19.0 Å². The molecule has 0 saturated carbocycles. The van der Waals surface area contributed by atoms with E-state index in [1.165, 1.54) is 6.07 Å². The minimum absolute atomic E-state index is 0.306. The summed E-state index contributed by atoms with van der Waals surface area (Å²) in [5.74, 6) is 0.349. The number of anilines is 1. The maximum Gasteiger partial charge on any atom is 0.573 e. The third-order valence-corrected chi connectivity index (χ3v) is 3.76. The van der Waals surface area contributed by atoms with Crippen molar-refractivity contribution in [3.8, 4) is 5.75 Å². The lowest BCUT2D eigenvalue weighted by atomic mass is 10.2. The summed E-state index contributed by atoms with van der Waals surface area (Å²) in [7, 11) is 0. The zero-order valence-electron chi connectivity index (χ0n) is 12.9. The molecule has 8 heteroatoms. The van der Waals surface area contributed by atoms with E-state index in [4.69, 9.17) is 0 Å². The molecular weight excluding hydrogens is 321 g/mol. The van der Waals surface area contributed by atoms with Gasteiger partial charge in [-0.25, -0.2) is 4.98 Å². The molecule has 3 rings (SSSR count). The summed E-state index contributed by atoms with van der Waals surface area (Å²) in [5.41, 5.74) is 1.03. The van der Waals surface area contributed by atoms with Crippen LogP contribution in [-0.4, -0.2) is 47.4 Å². The minimum Gasteiger partial charge on any atom is -0.404 e. The maximum absolute atomic E-state index is 12.1. The SMILES string of the molecule is FC(F)(F)Oc1ccc(N2CCN(Cc3ccccn3)CC2)nc1. The number of hydrogen-bond acceptors (Lipinski definition) is 5. The van der Waals surface area contributed by atoms with E-state index in [1.54, 1.807) is 12.3 Å². The van der Waals surface area contributed by atoms with Gasteiger partial charge in [0.05, 0.1) is 11.9 Å². The Morgan fingerprint density at radius 1 is 1.00 bits per heavy atom. The van der Waals surface area contributed by atoms with Gasteiger partial charge in [0.2, 0.25) is 0 Å². The number of hydrogen-bond donors (Lipinski definition) is 0. The number of pyridine rings is 2. The largest absolute Gasteiger partial charge is 0.573 e. The highest BCUT2D eigenvalue weighted by Gasteiger charge is 2.31. The molecule has 0 radical (unpaired) electrons. The highest BCUT2D eigenvalue weighted by atomic mass is 19.4. The van der Waals surface area contributed by atoms with Gasteiger partial charge in [-0.15, -0.1) is 13.2 Å². The molecule has 24 heavy (non-hydrogen) atoms. The molecule has 0 N–H and O–H groups in total. The first kappa shape index (κ1) is 16.5. The molecule has 5 nitrogen and oxygen atoms in total. The molecule has 2 aromatic rings. The van der Waals surface area contributed by atoms with Gasteiger partial charge in [-0.1, -0.05) is 6.07 Å². The van der Waals surface area contributed by atoms with Crippen LogP contribution in [0.3, 0.4) is 0 Å². The molecule has 0 aromatic carbocycles. The summed E-state index contributed by atoms with van der Waals surface area (Å²) in [4.78, 5) is 12.7. The predicted molar refractivity (Wildman–Crippen MR) is 82.6 cm³/mol. The van der Waals surface area contributed by atoms with Crippen LogP contribution in [0, 0.1) is 0 Å². The van der Waals surface area contributed by atoms with Crippen molar-refractivity contribution in [3.63, 3.8) is 0 Å². The lowest BCUT2D eigenvalue weighted by Gasteiger charge is -2.35. The van der Waals surface area contributed by atoms with Gasteiger partial charge in [0.15, 0.2) is 0 Å². The highest BCUT2D eigenvalue weighted by molar-refractivity contribution is 5.41. The molecule has 0 aliphatic carbocycles. The van der Waals surface area contributed by atoms with E-state index in [1.807, 2.05) is 23.1 Å². The maximum atomic E-state index is 12.1. The number of nitrogens with zero attached hydrogens (tertiary/aromatic N) is 4. The second-order valence-electron chi connectivity index (χ2n) is 5.48. The Balaban J connectivity index is 1.53. The van der Waals surface area contributed by atoms with Gasteiger partial charge >= 0.3 is 6.36 Å². The van der Waals surface area contributed by atoms with Gasteiger partial charge in [0.25, 0.3) is 0 Å². The third kappa shape index (κ3) is 4.58. The molecule has 1 saturated heterocycles. The Kier molecular flexibility index (Phi) is 4.84. The second kappa shape index (κ2) is 7.04. The average Bonchev–Trinajstić information content (AvgIpc) is 2.56. The van der Waals surface area contributed by atoms with Crippen LogP contribution in [0.15, 0.2) is 42.7 Å². The molecule has 2 aromatic heterocycles. The fourth-order valence-electron chi connectivity index (χ4n) is 2.61. The van der Waals surface area contributed by atoms with Crippen LogP contribution in [-0.2, 0) is 6.54 Å². The summed E-state index contributed by atoms with van der Waals surface area (Å²) in [6, 6.07) is 8.69. The van der Waals surface area contributed by atoms with Crippen LogP contribution in [0.2, 0.25) is 0 Å². The van der Waals surface area contributed by atoms with Gasteiger partial charge in [-0.05, 0) is 24.3 Å². The molecule has 3 heterocycles. The van der Waals surface area contributed by atoms with Crippen molar-refractivity contribution < 1.29 is 17.9 Å². The Labute approximate surface area is 137 Å². The normalized spacial score (nSPS) is 16.2. The molecule has 0 spiro atoms. The van der Waals surface area contributed by atoms with Crippen molar-refractivity contribution in [3.05, 3.63) is 48.4 Å². The first-order valence-corrected chi connectivity index (χ1v) is 7.59. The van der Waals surface area contributed by atoms with E-state index in [-0.39, 0.29) is 5.75 Å². The fraction of sp³-hybridized carbons (Fsp3) is 0.375. The zero-order valence-corrected chi connectivity index (χ0v) is 12.9. The van der Waals surface area contributed by atoms with Crippen LogP contribution >= 0.6 is 0 Å². The predicted octanol–water partition coefficient (Wildman–Crippen LogP) is 2.70. The van der Waals surface area contributed by atoms with Crippen LogP contribution in [0.5, 0.6) is 5.75 Å². The van der Waals surface area contributed by atoms with Crippen molar-refractivity contribution in [1.29, 1.82) is 0 Å². The van der Waals surface area contributed by atoms with Gasteiger partial charge < -0.3 is 9.64 Å². The lowest BCUT2D eigenvalue weighted by Crippen LogP contribution is -2.46. The summed E-state index contributed by atoms with van der Waals surface area (Å²) in [6.07, 6.45) is -1.82. The molecule has 1 aliphatic heterocycles. The quantitative estimate of drug-likeness (QED) is 0.857. The lowest BCUT2D eigenvalue weighted by molar-refractivity contribution is -0.274. The second-order valence-corrected chi connectivity index (χ2v) is 5.48. The minimum atomic E-state index is -4.69. The van der Waals surface area contributed by atoms with Crippen molar-refractivity contribution >= 4 is 5.82 Å². The van der Waals surface area contributed by atoms with Crippen molar-refractivity contribution in [2.24, 2.45) is 0 Å². The Morgan fingerprint density at radius 3 is 2.38 bits per heavy atom. The molecule has 1 aliphatic rings. The number of piperazine rings is 1. The molecule has 0 atom stereocenters. The van der Waals surface area contributed by atoms with Crippen molar-refractivity contribution in [1.82, 2.24) is 14.9 Å². The first-order valence-electron chi connectivity index (χ1n) is 7.59. The van der Waals surface area contributed by atoms with Crippen molar-refractivity contribution in [2.75, 3.05) is 31.1 Å². The summed E-state index contributed by atoms with van der Waals surface area (Å²) >= 11 is 0. The summed E-state index contributed by atoms with van der Waals surface area (Å²) < 4.78 is 40.3. The number of ether oxygens (including phenoxy) is 1. The standard InChI is InChI=1S/C16H17F3N4O/c17-16(18,19)24-14-4-5-15(21-11-14)23-9-7-22(8-10-23)12-13-3-1-2-6-20-13/h1-6,11H,7-10,12H2. The van der Waals surface area contributed by atoms with Crippen LogP contribution in [0.1, 0.15) is 5.69 Å². The van der Waals surface area contributed by atoms with E-state index in [9.17, 15) is 13.2 Å². The van der Waals surface area contributed by atoms with Gasteiger partial charge in [0, 0.05) is 38.9 Å². The third-order valence-electron chi connectivity index (χ3n) is 3.76. The molecule has 0 amide bonds. The zero-order chi connectivity index (χ0) is 17.0. The van der Waals surface area contributed by atoms with E-state index in [0.717, 1.165) is 44.6 Å². The number of alkyl halides is 3. The Morgan fingerprint density at radius 2 is 1.79 bits per heavy atom. The molecule has 0 unspecified atom stereocenters. The van der Waals surface area contributed by atoms with Gasteiger partial charge in [-0.3, -0.25) is 9.88 Å². The number of rotatable bonds is 4. The summed E-state index contributed by atoms with van der Waals surface area (Å²) in [5, 5.41) is 0. The summed E-state index contributed by atoms with van der Waals surface area (Å²) in [6.45, 7) is 4.01. The highest BCUT2D eigenvalue weighted by Crippen LogP contribution is 2.24. The molecule has 128 valence electrons. The van der Waals surface area contributed by atoms with Gasteiger partial charge in [-0.2, -0.15) is 0 Å². The number of halogens is 3. The fourth-order valence-corrected chi connectivity index (χ4v) is 2.61. The monoisotopic (exact) mass is 338 g/mol. The topological polar surface area (TPSA) is 41.5 Å². The van der Waals surface area contributed by atoms with E-state index < -0.39 is 6.36 Å².